The number of hydrogen-bond acceptors (Lipinski definition) is 5. The number of aromatic nitrogens is 2. The molecule has 1 atom stereocenters. The Balaban J connectivity index is 1.90. The molecule has 1 fully saturated rings. The molecule has 106 valence electrons. The first kappa shape index (κ1) is 14.1. The third-order valence-electron chi connectivity index (χ3n) is 3.43. The van der Waals surface area contributed by atoms with Crippen molar-refractivity contribution in [2.45, 2.75) is 39.2 Å². The minimum atomic E-state index is 0.518. The monoisotopic (exact) mass is 263 g/mol. The number of nitrogens with one attached hydrogen (secondary N) is 2. The molecule has 2 rings (SSSR count). The lowest BCUT2D eigenvalue weighted by Gasteiger charge is -2.32. The lowest BCUT2D eigenvalue weighted by molar-refractivity contribution is 0.482. The predicted octanol–water partition coefficient (Wildman–Crippen LogP) is 1.88. The molecule has 19 heavy (non-hydrogen) atoms. The van der Waals surface area contributed by atoms with E-state index >= 15 is 0 Å². The van der Waals surface area contributed by atoms with Gasteiger partial charge in [0.2, 0.25) is 0 Å². The van der Waals surface area contributed by atoms with E-state index in [2.05, 4.69) is 45.4 Å². The Hall–Kier alpha value is -1.36. The maximum absolute atomic E-state index is 4.39. The summed E-state index contributed by atoms with van der Waals surface area (Å²) in [6.07, 6.45) is 5.36. The molecule has 1 aromatic rings. The number of unbranched alkanes of at least 4 members (excludes halogenated alkanes) is 2. The van der Waals surface area contributed by atoms with Crippen LogP contribution in [0.4, 0.5) is 11.6 Å². The first-order valence-corrected chi connectivity index (χ1v) is 7.34. The molecule has 1 saturated heterocycles. The second kappa shape index (κ2) is 7.28. The Bertz CT molecular complexity index is 382. The van der Waals surface area contributed by atoms with Crippen LogP contribution in [0.1, 0.15) is 33.1 Å². The van der Waals surface area contributed by atoms with Gasteiger partial charge in [-0.3, -0.25) is 0 Å². The molecule has 0 radical (unpaired) electrons. The van der Waals surface area contributed by atoms with Crippen LogP contribution in [0, 0.1) is 0 Å². The second-order valence-electron chi connectivity index (χ2n) is 5.20. The zero-order valence-electron chi connectivity index (χ0n) is 12.0. The standard InChI is InChI=1S/C14H25N5/c1-3-4-5-6-16-13-9-14(18-11-17-13)19-8-7-15-12(2)10-19/h9,11-12,15H,3-8,10H2,1-2H3,(H,16,17,18). The van der Waals surface area contributed by atoms with Crippen LogP contribution in [0.2, 0.25) is 0 Å². The lowest BCUT2D eigenvalue weighted by atomic mass is 10.2. The van der Waals surface area contributed by atoms with E-state index in [1.807, 2.05) is 0 Å². The van der Waals surface area contributed by atoms with E-state index in [-0.39, 0.29) is 0 Å². The summed E-state index contributed by atoms with van der Waals surface area (Å²) in [7, 11) is 0. The molecule has 1 aliphatic heterocycles. The SMILES string of the molecule is CCCCCNc1cc(N2CCNC(C)C2)ncn1. The van der Waals surface area contributed by atoms with Crippen molar-refractivity contribution in [2.24, 2.45) is 0 Å². The van der Waals surface area contributed by atoms with Crippen LogP contribution in [0.5, 0.6) is 0 Å². The van der Waals surface area contributed by atoms with Crippen molar-refractivity contribution in [3.63, 3.8) is 0 Å². The Morgan fingerprint density at radius 2 is 2.32 bits per heavy atom. The Labute approximate surface area is 115 Å². The minimum absolute atomic E-state index is 0.518. The van der Waals surface area contributed by atoms with Gasteiger partial charge in [0.25, 0.3) is 0 Å². The first-order chi connectivity index (χ1) is 9.29. The summed E-state index contributed by atoms with van der Waals surface area (Å²) in [6, 6.07) is 2.58. The van der Waals surface area contributed by atoms with E-state index in [4.69, 9.17) is 0 Å². The van der Waals surface area contributed by atoms with Crippen molar-refractivity contribution in [3.8, 4) is 0 Å². The summed E-state index contributed by atoms with van der Waals surface area (Å²) in [5.74, 6) is 1.97. The van der Waals surface area contributed by atoms with Crippen molar-refractivity contribution in [2.75, 3.05) is 36.4 Å². The number of rotatable bonds is 6. The zero-order chi connectivity index (χ0) is 13.5. The third kappa shape index (κ3) is 4.35. The molecule has 0 spiro atoms. The van der Waals surface area contributed by atoms with Crippen LogP contribution in [0.15, 0.2) is 12.4 Å². The third-order valence-corrected chi connectivity index (χ3v) is 3.43. The molecular formula is C14H25N5. The van der Waals surface area contributed by atoms with Gasteiger partial charge in [-0.15, -0.1) is 0 Å². The normalized spacial score (nSPS) is 19.5. The summed E-state index contributed by atoms with van der Waals surface area (Å²) in [5.41, 5.74) is 0. The molecule has 0 amide bonds. The summed E-state index contributed by atoms with van der Waals surface area (Å²) >= 11 is 0. The van der Waals surface area contributed by atoms with Crippen LogP contribution in [0.3, 0.4) is 0 Å². The summed E-state index contributed by atoms with van der Waals surface area (Å²) in [5, 5.41) is 6.82. The van der Waals surface area contributed by atoms with E-state index < -0.39 is 0 Å². The average molecular weight is 263 g/mol. The molecule has 1 unspecified atom stereocenters. The number of piperazine rings is 1. The van der Waals surface area contributed by atoms with Gasteiger partial charge < -0.3 is 15.5 Å². The predicted molar refractivity (Wildman–Crippen MR) is 79.7 cm³/mol. The van der Waals surface area contributed by atoms with Crippen molar-refractivity contribution < 1.29 is 0 Å². The van der Waals surface area contributed by atoms with Crippen molar-refractivity contribution in [1.82, 2.24) is 15.3 Å². The fraction of sp³-hybridized carbons (Fsp3) is 0.714. The molecular weight excluding hydrogens is 238 g/mol. The van der Waals surface area contributed by atoms with Crippen LogP contribution in [-0.2, 0) is 0 Å². The van der Waals surface area contributed by atoms with Gasteiger partial charge in [-0.1, -0.05) is 19.8 Å². The van der Waals surface area contributed by atoms with Gasteiger partial charge in [0.15, 0.2) is 0 Å². The summed E-state index contributed by atoms with van der Waals surface area (Å²) in [4.78, 5) is 11.0. The molecule has 0 aliphatic carbocycles. The highest BCUT2D eigenvalue weighted by atomic mass is 15.2. The maximum atomic E-state index is 4.39. The Morgan fingerprint density at radius 3 is 3.11 bits per heavy atom. The zero-order valence-corrected chi connectivity index (χ0v) is 12.0. The van der Waals surface area contributed by atoms with E-state index in [1.54, 1.807) is 6.33 Å². The van der Waals surface area contributed by atoms with Gasteiger partial charge in [0.1, 0.15) is 18.0 Å². The molecule has 0 bridgehead atoms. The van der Waals surface area contributed by atoms with E-state index in [9.17, 15) is 0 Å². The van der Waals surface area contributed by atoms with Crippen molar-refractivity contribution in [3.05, 3.63) is 12.4 Å². The van der Waals surface area contributed by atoms with Crippen LogP contribution in [0.25, 0.3) is 0 Å². The quantitative estimate of drug-likeness (QED) is 0.768. The highest BCUT2D eigenvalue weighted by Crippen LogP contribution is 2.15. The lowest BCUT2D eigenvalue weighted by Crippen LogP contribution is -2.49. The Kier molecular flexibility index (Phi) is 5.39. The topological polar surface area (TPSA) is 53.1 Å². The molecule has 2 heterocycles. The highest BCUT2D eigenvalue weighted by Gasteiger charge is 2.17. The van der Waals surface area contributed by atoms with E-state index in [0.717, 1.165) is 37.8 Å². The molecule has 0 saturated carbocycles. The van der Waals surface area contributed by atoms with Crippen molar-refractivity contribution >= 4 is 11.6 Å². The first-order valence-electron chi connectivity index (χ1n) is 7.34. The number of hydrogen-bond donors (Lipinski definition) is 2. The fourth-order valence-electron chi connectivity index (χ4n) is 2.35. The van der Waals surface area contributed by atoms with Crippen LogP contribution < -0.4 is 15.5 Å². The minimum Gasteiger partial charge on any atom is -0.370 e. The van der Waals surface area contributed by atoms with Crippen molar-refractivity contribution in [1.29, 1.82) is 0 Å². The molecule has 0 aromatic carbocycles. The molecule has 2 N–H and O–H groups in total. The van der Waals surface area contributed by atoms with Crippen LogP contribution >= 0.6 is 0 Å². The van der Waals surface area contributed by atoms with Gasteiger partial charge in [0, 0.05) is 38.3 Å². The van der Waals surface area contributed by atoms with Gasteiger partial charge in [0.05, 0.1) is 0 Å². The van der Waals surface area contributed by atoms with Gasteiger partial charge in [-0.05, 0) is 13.3 Å². The van der Waals surface area contributed by atoms with Gasteiger partial charge in [-0.25, -0.2) is 9.97 Å². The molecule has 5 nitrogen and oxygen atoms in total. The number of anilines is 2. The average Bonchev–Trinajstić information content (AvgIpc) is 2.44. The number of nitrogens with zero attached hydrogens (tertiary/aromatic N) is 3. The summed E-state index contributed by atoms with van der Waals surface area (Å²) in [6.45, 7) is 8.45. The Morgan fingerprint density at radius 1 is 1.42 bits per heavy atom. The summed E-state index contributed by atoms with van der Waals surface area (Å²) < 4.78 is 0. The van der Waals surface area contributed by atoms with Gasteiger partial charge >= 0.3 is 0 Å². The fourth-order valence-corrected chi connectivity index (χ4v) is 2.35. The maximum Gasteiger partial charge on any atom is 0.134 e. The van der Waals surface area contributed by atoms with Crippen LogP contribution in [-0.4, -0.2) is 42.2 Å². The molecule has 1 aromatic heterocycles. The van der Waals surface area contributed by atoms with E-state index in [1.165, 1.54) is 19.3 Å². The molecule has 5 heteroatoms. The molecule has 1 aliphatic rings. The van der Waals surface area contributed by atoms with Gasteiger partial charge in [-0.2, -0.15) is 0 Å². The smallest absolute Gasteiger partial charge is 0.134 e. The van der Waals surface area contributed by atoms with E-state index in [0.29, 0.717) is 6.04 Å². The second-order valence-corrected chi connectivity index (χ2v) is 5.20. The highest BCUT2D eigenvalue weighted by molar-refractivity contribution is 5.48. The largest absolute Gasteiger partial charge is 0.370 e.